The molecule has 27 heavy (non-hydrogen) atoms. The predicted molar refractivity (Wildman–Crippen MR) is 112 cm³/mol. The Hall–Kier alpha value is -2.34. The van der Waals surface area contributed by atoms with E-state index in [1.165, 1.54) is 0 Å². The van der Waals surface area contributed by atoms with Crippen molar-refractivity contribution >= 4 is 23.7 Å². The molecule has 0 fully saturated rings. The monoisotopic (exact) mass is 382 g/mol. The average Bonchev–Trinajstić information content (AvgIpc) is 2.71. The molecule has 0 aromatic heterocycles. The molecule has 142 valence electrons. The second kappa shape index (κ2) is 10.1. The van der Waals surface area contributed by atoms with Crippen molar-refractivity contribution in [2.24, 2.45) is 0 Å². The van der Waals surface area contributed by atoms with Crippen LogP contribution in [0, 0.1) is 0 Å². The van der Waals surface area contributed by atoms with Crippen molar-refractivity contribution in [2.45, 2.75) is 40.0 Å². The molecule has 2 aromatic rings. The Morgan fingerprint density at radius 3 is 1.93 bits per heavy atom. The minimum absolute atomic E-state index is 0.303. The van der Waals surface area contributed by atoms with Crippen LogP contribution in [0.2, 0.25) is 0 Å². The molecular weight excluding hydrogens is 355 g/mol. The SMILES string of the molecule is CCCCC(=C=C(C)C(=O)OCC)P(=O)(c1ccccc1)c1ccccc1. The minimum Gasteiger partial charge on any atom is -0.462 e. The number of carbonyl (C=O) groups is 1. The average molecular weight is 382 g/mol. The van der Waals surface area contributed by atoms with Crippen LogP contribution in [-0.2, 0) is 14.1 Å². The number of hydrogen-bond acceptors (Lipinski definition) is 3. The van der Waals surface area contributed by atoms with Gasteiger partial charge in [0.25, 0.3) is 0 Å². The molecule has 2 rings (SSSR count). The van der Waals surface area contributed by atoms with Gasteiger partial charge in [-0.25, -0.2) is 4.79 Å². The van der Waals surface area contributed by atoms with Crippen LogP contribution in [0.15, 0.2) is 77.3 Å². The minimum atomic E-state index is -3.10. The zero-order chi connectivity index (χ0) is 19.7. The molecular formula is C23H27O3P. The third kappa shape index (κ3) is 5.10. The maximum atomic E-state index is 14.5. The van der Waals surface area contributed by atoms with E-state index in [2.05, 4.69) is 12.7 Å². The molecule has 3 nitrogen and oxygen atoms in total. The quantitative estimate of drug-likeness (QED) is 0.273. The van der Waals surface area contributed by atoms with Crippen LogP contribution in [0.25, 0.3) is 0 Å². The van der Waals surface area contributed by atoms with Gasteiger partial charge in [0.1, 0.15) is 0 Å². The van der Waals surface area contributed by atoms with E-state index in [1.54, 1.807) is 13.8 Å². The van der Waals surface area contributed by atoms with Gasteiger partial charge in [0.15, 0.2) is 7.14 Å². The summed E-state index contributed by atoms with van der Waals surface area (Å²) in [5.41, 5.74) is 3.53. The first-order chi connectivity index (χ1) is 13.0. The molecule has 0 bridgehead atoms. The fourth-order valence-electron chi connectivity index (χ4n) is 2.89. The van der Waals surface area contributed by atoms with Crippen LogP contribution in [0.3, 0.4) is 0 Å². The van der Waals surface area contributed by atoms with Gasteiger partial charge in [-0.15, -0.1) is 5.73 Å². The number of esters is 1. The zero-order valence-electron chi connectivity index (χ0n) is 16.3. The Morgan fingerprint density at radius 1 is 0.963 bits per heavy atom. The molecule has 0 aliphatic carbocycles. The van der Waals surface area contributed by atoms with Crippen LogP contribution < -0.4 is 10.6 Å². The van der Waals surface area contributed by atoms with Crippen molar-refractivity contribution in [3.05, 3.63) is 77.3 Å². The number of ether oxygens (including phenoxy) is 1. The molecule has 0 aliphatic rings. The van der Waals surface area contributed by atoms with E-state index in [0.29, 0.717) is 23.9 Å². The summed E-state index contributed by atoms with van der Waals surface area (Å²) in [5.74, 6) is -0.417. The molecule has 0 spiro atoms. The molecule has 0 heterocycles. The Bertz CT molecular complexity index is 820. The topological polar surface area (TPSA) is 43.4 Å². The number of hydrogen-bond donors (Lipinski definition) is 0. The molecule has 0 radical (unpaired) electrons. The van der Waals surface area contributed by atoms with Crippen LogP contribution >= 0.6 is 7.14 Å². The smallest absolute Gasteiger partial charge is 0.341 e. The van der Waals surface area contributed by atoms with Crippen LogP contribution in [0.4, 0.5) is 0 Å². The lowest BCUT2D eigenvalue weighted by Gasteiger charge is -2.21. The molecule has 0 N–H and O–H groups in total. The summed E-state index contributed by atoms with van der Waals surface area (Å²) in [5, 5.41) is 2.19. The lowest BCUT2D eigenvalue weighted by molar-refractivity contribution is -0.138. The fraction of sp³-hybridized carbons (Fsp3) is 0.304. The van der Waals surface area contributed by atoms with E-state index < -0.39 is 13.1 Å². The normalized spacial score (nSPS) is 10.8. The summed E-state index contributed by atoms with van der Waals surface area (Å²) in [6, 6.07) is 19.0. The molecule has 4 heteroatoms. The Labute approximate surface area is 162 Å². The first-order valence-corrected chi connectivity index (χ1v) is 11.1. The van der Waals surface area contributed by atoms with Gasteiger partial charge in [-0.2, -0.15) is 0 Å². The highest BCUT2D eigenvalue weighted by Crippen LogP contribution is 2.53. The van der Waals surface area contributed by atoms with E-state index in [1.807, 2.05) is 60.7 Å². The number of benzene rings is 2. The molecule has 0 atom stereocenters. The summed E-state index contributed by atoms with van der Waals surface area (Å²) >= 11 is 0. The largest absolute Gasteiger partial charge is 0.462 e. The van der Waals surface area contributed by atoms with Gasteiger partial charge in [0.2, 0.25) is 0 Å². The summed E-state index contributed by atoms with van der Waals surface area (Å²) in [7, 11) is -3.10. The lowest BCUT2D eigenvalue weighted by Crippen LogP contribution is -2.17. The summed E-state index contributed by atoms with van der Waals surface area (Å²) in [6.07, 6.45) is 2.46. The third-order valence-corrected chi connectivity index (χ3v) is 7.45. The molecule has 0 aliphatic heterocycles. The number of unbranched alkanes of at least 4 members (excludes halogenated alkanes) is 1. The fourth-order valence-corrected chi connectivity index (χ4v) is 5.79. The number of rotatable bonds is 8. The van der Waals surface area contributed by atoms with Crippen LogP contribution in [0.5, 0.6) is 0 Å². The van der Waals surface area contributed by atoms with Gasteiger partial charge in [-0.3, -0.25) is 0 Å². The van der Waals surface area contributed by atoms with Crippen molar-refractivity contribution in [3.63, 3.8) is 0 Å². The zero-order valence-corrected chi connectivity index (χ0v) is 17.2. The van der Waals surface area contributed by atoms with Crippen molar-refractivity contribution in [1.29, 1.82) is 0 Å². The molecule has 0 amide bonds. The van der Waals surface area contributed by atoms with E-state index in [-0.39, 0.29) is 0 Å². The molecule has 0 unspecified atom stereocenters. The summed E-state index contributed by atoms with van der Waals surface area (Å²) in [6.45, 7) is 5.84. The maximum Gasteiger partial charge on any atom is 0.341 e. The Kier molecular flexibility index (Phi) is 7.85. The van der Waals surface area contributed by atoms with Gasteiger partial charge in [-0.1, -0.05) is 74.0 Å². The summed E-state index contributed by atoms with van der Waals surface area (Å²) < 4.78 is 19.6. The first-order valence-electron chi connectivity index (χ1n) is 9.39. The van der Waals surface area contributed by atoms with Gasteiger partial charge in [0, 0.05) is 15.9 Å². The van der Waals surface area contributed by atoms with Gasteiger partial charge in [-0.05, 0) is 26.7 Å². The van der Waals surface area contributed by atoms with E-state index in [0.717, 1.165) is 23.5 Å². The van der Waals surface area contributed by atoms with Crippen molar-refractivity contribution in [3.8, 4) is 0 Å². The van der Waals surface area contributed by atoms with Crippen molar-refractivity contribution < 1.29 is 14.1 Å². The molecule has 2 aromatic carbocycles. The predicted octanol–water partition coefficient (Wildman–Crippen LogP) is 5.18. The van der Waals surface area contributed by atoms with Crippen LogP contribution in [0.1, 0.15) is 40.0 Å². The maximum absolute atomic E-state index is 14.5. The van der Waals surface area contributed by atoms with Crippen molar-refractivity contribution in [1.82, 2.24) is 0 Å². The van der Waals surface area contributed by atoms with Crippen LogP contribution in [-0.4, -0.2) is 12.6 Å². The van der Waals surface area contributed by atoms with E-state index in [4.69, 9.17) is 4.74 Å². The number of carbonyl (C=O) groups excluding carboxylic acids is 1. The highest BCUT2D eigenvalue weighted by atomic mass is 31.2. The second-order valence-corrected chi connectivity index (χ2v) is 9.09. The van der Waals surface area contributed by atoms with E-state index in [9.17, 15) is 9.36 Å². The highest BCUT2D eigenvalue weighted by molar-refractivity contribution is 7.82. The molecule has 0 saturated heterocycles. The Balaban J connectivity index is 2.74. The Morgan fingerprint density at radius 2 is 1.48 bits per heavy atom. The second-order valence-electron chi connectivity index (χ2n) is 6.30. The van der Waals surface area contributed by atoms with E-state index >= 15 is 0 Å². The van der Waals surface area contributed by atoms with Crippen molar-refractivity contribution in [2.75, 3.05) is 6.61 Å². The third-order valence-electron chi connectivity index (χ3n) is 4.30. The lowest BCUT2D eigenvalue weighted by atomic mass is 10.2. The summed E-state index contributed by atoms with van der Waals surface area (Å²) in [4.78, 5) is 12.1. The first kappa shape index (κ1) is 21.0. The highest BCUT2D eigenvalue weighted by Gasteiger charge is 2.31. The van der Waals surface area contributed by atoms with Gasteiger partial charge >= 0.3 is 5.97 Å². The van der Waals surface area contributed by atoms with Gasteiger partial charge in [0.05, 0.1) is 12.2 Å². The van der Waals surface area contributed by atoms with Gasteiger partial charge < -0.3 is 9.30 Å². The molecule has 0 saturated carbocycles. The standard InChI is InChI=1S/C23H27O3P/c1-4-6-13-22(18-19(3)23(24)26-5-2)27(25,20-14-9-7-10-15-20)21-16-11-8-12-17-21/h7-12,14-17H,4-6,13H2,1-3H3.